The van der Waals surface area contributed by atoms with E-state index in [0.717, 1.165) is 16.5 Å². The molecule has 5 rings (SSSR count). The number of benzene rings is 3. The molecule has 0 saturated heterocycles. The molecule has 40 heavy (non-hydrogen) atoms. The smallest absolute Gasteiger partial charge is 0.253 e. The van der Waals surface area contributed by atoms with E-state index in [-0.39, 0.29) is 22.9 Å². The van der Waals surface area contributed by atoms with Crippen LogP contribution in [0, 0.1) is 18.3 Å². The molecule has 0 saturated carbocycles. The van der Waals surface area contributed by atoms with Gasteiger partial charge in [-0.1, -0.05) is 47.5 Å². The highest BCUT2D eigenvalue weighted by Crippen LogP contribution is 2.26. The van der Waals surface area contributed by atoms with E-state index >= 15 is 0 Å². The van der Waals surface area contributed by atoms with E-state index in [1.807, 2.05) is 49.5 Å². The third kappa shape index (κ3) is 5.46. The molecule has 0 aliphatic carbocycles. The van der Waals surface area contributed by atoms with Gasteiger partial charge in [-0.15, -0.1) is 0 Å². The number of aryl methyl sites for hydroxylation is 1. The Morgan fingerprint density at radius 2 is 1.77 bits per heavy atom. The van der Waals surface area contributed by atoms with Gasteiger partial charge in [0.15, 0.2) is 5.69 Å². The predicted molar refractivity (Wildman–Crippen MR) is 156 cm³/mol. The second-order valence-electron chi connectivity index (χ2n) is 9.55. The summed E-state index contributed by atoms with van der Waals surface area (Å²) in [5.41, 5.74) is 3.87. The van der Waals surface area contributed by atoms with E-state index in [9.17, 15) is 14.9 Å². The standard InChI is InChI=1S/C31H27ClN6O2/c1-20-4-6-22(7-5-20)29(39)28-26(19-33)30(38(36-28)25-12-10-24(32)11-13-25)35-15-3-17-37(2)31(40)23-9-8-21-14-16-34-27(21)18-23/h4-14,16,18,34-35H,3,15,17H2,1-2H3. The third-order valence-corrected chi connectivity index (χ3v) is 6.96. The van der Waals surface area contributed by atoms with Crippen LogP contribution in [0.2, 0.25) is 5.02 Å². The van der Waals surface area contributed by atoms with Crippen LogP contribution in [0.1, 0.15) is 44.0 Å². The zero-order chi connectivity index (χ0) is 28.2. The molecule has 1 amide bonds. The van der Waals surface area contributed by atoms with E-state index < -0.39 is 0 Å². The van der Waals surface area contributed by atoms with Crippen LogP contribution in [0.3, 0.4) is 0 Å². The molecule has 0 atom stereocenters. The minimum atomic E-state index is -0.336. The van der Waals surface area contributed by atoms with Gasteiger partial charge in [0, 0.05) is 48.0 Å². The SMILES string of the molecule is Cc1ccc(C(=O)c2nn(-c3ccc(Cl)cc3)c(NCCCN(C)C(=O)c3ccc4cc[nH]c4c3)c2C#N)cc1. The molecule has 0 radical (unpaired) electrons. The summed E-state index contributed by atoms with van der Waals surface area (Å²) in [6.45, 7) is 2.87. The molecule has 0 aliphatic rings. The average molecular weight is 551 g/mol. The summed E-state index contributed by atoms with van der Waals surface area (Å²) in [6, 6.07) is 23.9. The maximum absolute atomic E-state index is 13.4. The van der Waals surface area contributed by atoms with Gasteiger partial charge >= 0.3 is 0 Å². The van der Waals surface area contributed by atoms with Gasteiger partial charge in [0.2, 0.25) is 5.78 Å². The van der Waals surface area contributed by atoms with Gasteiger partial charge in [-0.2, -0.15) is 10.4 Å². The molecule has 2 aromatic heterocycles. The number of halogens is 1. The summed E-state index contributed by atoms with van der Waals surface area (Å²) >= 11 is 6.08. The normalized spacial score (nSPS) is 10.8. The summed E-state index contributed by atoms with van der Waals surface area (Å²) in [7, 11) is 1.76. The Morgan fingerprint density at radius 3 is 2.50 bits per heavy atom. The highest BCUT2D eigenvalue weighted by molar-refractivity contribution is 6.30. The van der Waals surface area contributed by atoms with Crippen LogP contribution >= 0.6 is 11.6 Å². The topological polar surface area (TPSA) is 107 Å². The maximum Gasteiger partial charge on any atom is 0.253 e. The first-order valence-electron chi connectivity index (χ1n) is 12.8. The number of anilines is 1. The Morgan fingerprint density at radius 1 is 1.05 bits per heavy atom. The van der Waals surface area contributed by atoms with Crippen molar-refractivity contribution in [1.82, 2.24) is 19.7 Å². The van der Waals surface area contributed by atoms with Crippen molar-refractivity contribution >= 4 is 40.0 Å². The number of carbonyl (C=O) groups excluding carboxylic acids is 2. The Hall–Kier alpha value is -4.87. The number of nitrogens with one attached hydrogen (secondary N) is 2. The number of H-pyrrole nitrogens is 1. The molecule has 0 unspecified atom stereocenters. The quantitative estimate of drug-likeness (QED) is 0.173. The van der Waals surface area contributed by atoms with E-state index in [1.165, 1.54) is 0 Å². The van der Waals surface area contributed by atoms with Crippen molar-refractivity contribution in [2.45, 2.75) is 13.3 Å². The van der Waals surface area contributed by atoms with Crippen molar-refractivity contribution in [3.05, 3.63) is 112 Å². The van der Waals surface area contributed by atoms with Gasteiger partial charge in [-0.05, 0) is 61.2 Å². The number of hydrogen-bond acceptors (Lipinski definition) is 5. The van der Waals surface area contributed by atoms with Gasteiger partial charge in [0.25, 0.3) is 5.91 Å². The lowest BCUT2D eigenvalue weighted by Crippen LogP contribution is -2.29. The first-order chi connectivity index (χ1) is 19.4. The van der Waals surface area contributed by atoms with E-state index in [4.69, 9.17) is 11.6 Å². The van der Waals surface area contributed by atoms with Crippen LogP contribution in [0.15, 0.2) is 79.0 Å². The summed E-state index contributed by atoms with van der Waals surface area (Å²) in [4.78, 5) is 31.1. The lowest BCUT2D eigenvalue weighted by Gasteiger charge is -2.18. The van der Waals surface area contributed by atoms with Crippen molar-refractivity contribution in [3.8, 4) is 11.8 Å². The number of nitriles is 1. The molecule has 0 bridgehead atoms. The molecule has 8 nitrogen and oxygen atoms in total. The molecule has 2 N–H and O–H groups in total. The molecule has 5 aromatic rings. The summed E-state index contributed by atoms with van der Waals surface area (Å²) < 4.78 is 1.55. The summed E-state index contributed by atoms with van der Waals surface area (Å²) in [6.07, 6.45) is 2.45. The van der Waals surface area contributed by atoms with Crippen molar-refractivity contribution in [1.29, 1.82) is 5.26 Å². The predicted octanol–water partition coefficient (Wildman–Crippen LogP) is 5.99. The van der Waals surface area contributed by atoms with Crippen LogP contribution in [0.25, 0.3) is 16.6 Å². The molecule has 0 fully saturated rings. The lowest BCUT2D eigenvalue weighted by atomic mass is 10.0. The van der Waals surface area contributed by atoms with Gasteiger partial charge < -0.3 is 15.2 Å². The van der Waals surface area contributed by atoms with E-state index in [1.54, 1.807) is 53.0 Å². The van der Waals surface area contributed by atoms with Crippen LogP contribution in [0.5, 0.6) is 0 Å². The number of aromatic nitrogens is 3. The monoisotopic (exact) mass is 550 g/mol. The van der Waals surface area contributed by atoms with E-state index in [2.05, 4.69) is 21.5 Å². The van der Waals surface area contributed by atoms with Crippen molar-refractivity contribution in [3.63, 3.8) is 0 Å². The first kappa shape index (κ1) is 26.7. The number of amides is 1. The number of aromatic amines is 1. The fourth-order valence-corrected chi connectivity index (χ4v) is 4.61. The Labute approximate surface area is 236 Å². The largest absolute Gasteiger partial charge is 0.369 e. The van der Waals surface area contributed by atoms with Crippen LogP contribution in [0.4, 0.5) is 5.82 Å². The maximum atomic E-state index is 13.4. The number of hydrogen-bond donors (Lipinski definition) is 2. The van der Waals surface area contributed by atoms with Gasteiger partial charge in [0.05, 0.1) is 5.69 Å². The average Bonchev–Trinajstić information content (AvgIpc) is 3.59. The number of ketones is 1. The first-order valence-corrected chi connectivity index (χ1v) is 13.2. The van der Waals surface area contributed by atoms with Gasteiger partial charge in [-0.25, -0.2) is 4.68 Å². The number of carbonyl (C=O) groups is 2. The van der Waals surface area contributed by atoms with Crippen LogP contribution in [-0.4, -0.2) is 51.5 Å². The second-order valence-corrected chi connectivity index (χ2v) is 9.99. The lowest BCUT2D eigenvalue weighted by molar-refractivity contribution is 0.0794. The van der Waals surface area contributed by atoms with Gasteiger partial charge in [-0.3, -0.25) is 9.59 Å². The fourth-order valence-electron chi connectivity index (χ4n) is 4.48. The number of fused-ring (bicyclic) bond motifs is 1. The zero-order valence-corrected chi connectivity index (χ0v) is 22.9. The molecule has 200 valence electrons. The van der Waals surface area contributed by atoms with Crippen LogP contribution < -0.4 is 5.32 Å². The number of nitrogens with zero attached hydrogens (tertiary/aromatic N) is 4. The van der Waals surface area contributed by atoms with Gasteiger partial charge in [0.1, 0.15) is 17.5 Å². The molecular weight excluding hydrogens is 524 g/mol. The third-order valence-electron chi connectivity index (χ3n) is 6.71. The zero-order valence-electron chi connectivity index (χ0n) is 22.1. The molecule has 0 aliphatic heterocycles. The molecule has 3 aromatic carbocycles. The minimum absolute atomic E-state index is 0.0656. The Balaban J connectivity index is 1.34. The molecule has 9 heteroatoms. The number of rotatable bonds is 9. The summed E-state index contributed by atoms with van der Waals surface area (Å²) in [5, 5.41) is 19.5. The van der Waals surface area contributed by atoms with Crippen molar-refractivity contribution < 1.29 is 9.59 Å². The molecular formula is C31H27ClN6O2. The van der Waals surface area contributed by atoms with Crippen molar-refractivity contribution in [2.24, 2.45) is 0 Å². The Kier molecular flexibility index (Phi) is 7.67. The van der Waals surface area contributed by atoms with Crippen molar-refractivity contribution in [2.75, 3.05) is 25.5 Å². The Bertz CT molecular complexity index is 1730. The minimum Gasteiger partial charge on any atom is -0.369 e. The second kappa shape index (κ2) is 11.5. The molecule has 2 heterocycles. The highest BCUT2D eigenvalue weighted by Gasteiger charge is 2.25. The highest BCUT2D eigenvalue weighted by atomic mass is 35.5. The van der Waals surface area contributed by atoms with E-state index in [0.29, 0.717) is 47.2 Å². The fraction of sp³-hybridized carbons (Fsp3) is 0.161. The van der Waals surface area contributed by atoms with Crippen LogP contribution in [-0.2, 0) is 0 Å². The summed E-state index contributed by atoms with van der Waals surface area (Å²) in [5.74, 6) is -0.00505. The molecule has 0 spiro atoms.